The summed E-state index contributed by atoms with van der Waals surface area (Å²) in [5.41, 5.74) is 5.73. The summed E-state index contributed by atoms with van der Waals surface area (Å²) in [7, 11) is 0. The molecule has 4 rings (SSSR count). The number of nitrogens with two attached hydrogens (primary N) is 1. The molecule has 8 nitrogen and oxygen atoms in total. The number of piperidine rings is 2. The van der Waals surface area contributed by atoms with E-state index in [1.54, 1.807) is 4.90 Å². The van der Waals surface area contributed by atoms with Crippen LogP contribution in [0.4, 0.5) is 4.79 Å². The van der Waals surface area contributed by atoms with E-state index in [0.717, 1.165) is 18.4 Å². The minimum absolute atomic E-state index is 0.00268. The summed E-state index contributed by atoms with van der Waals surface area (Å²) < 4.78 is 11.7. The largest absolute Gasteiger partial charge is 0.444 e. The van der Waals surface area contributed by atoms with E-state index >= 15 is 0 Å². The number of rotatable bonds is 6. The van der Waals surface area contributed by atoms with Crippen LogP contribution in [0, 0.1) is 11.8 Å². The zero-order valence-corrected chi connectivity index (χ0v) is 21.1. The number of Topliss-reactive ketones (excluding diaryl/α,β-unsaturated/α-hetero) is 1. The van der Waals surface area contributed by atoms with Gasteiger partial charge in [0.25, 0.3) is 0 Å². The number of hydrogen-bond acceptors (Lipinski definition) is 6. The van der Waals surface area contributed by atoms with Gasteiger partial charge >= 0.3 is 6.09 Å². The molecule has 8 heteroatoms. The Bertz CT molecular complexity index is 930. The van der Waals surface area contributed by atoms with Crippen LogP contribution < -0.4 is 11.1 Å². The van der Waals surface area contributed by atoms with Gasteiger partial charge in [0.2, 0.25) is 5.91 Å². The smallest absolute Gasteiger partial charge is 0.407 e. The first-order valence-corrected chi connectivity index (χ1v) is 12.8. The van der Waals surface area contributed by atoms with Crippen LogP contribution in [0.2, 0.25) is 0 Å². The fourth-order valence-electron chi connectivity index (χ4n) is 5.76. The second kappa shape index (κ2) is 10.3. The summed E-state index contributed by atoms with van der Waals surface area (Å²) in [4.78, 5) is 40.3. The minimum Gasteiger partial charge on any atom is -0.444 e. The van der Waals surface area contributed by atoms with Crippen molar-refractivity contribution >= 4 is 17.8 Å². The van der Waals surface area contributed by atoms with E-state index in [-0.39, 0.29) is 42.1 Å². The number of carbonyl (C=O) groups excluding carboxylic acids is 3. The summed E-state index contributed by atoms with van der Waals surface area (Å²) in [6, 6.07) is 9.69. The Hall–Kier alpha value is -2.45. The van der Waals surface area contributed by atoms with Gasteiger partial charge in [0.15, 0.2) is 11.4 Å². The Balaban J connectivity index is 1.42. The van der Waals surface area contributed by atoms with Crippen LogP contribution in [0.5, 0.6) is 0 Å². The highest BCUT2D eigenvalue weighted by molar-refractivity contribution is 5.99. The molecule has 3 fully saturated rings. The summed E-state index contributed by atoms with van der Waals surface area (Å²) >= 11 is 0. The van der Waals surface area contributed by atoms with Gasteiger partial charge in [0.05, 0.1) is 18.8 Å². The third-order valence-corrected chi connectivity index (χ3v) is 7.43. The Morgan fingerprint density at radius 1 is 1.17 bits per heavy atom. The minimum atomic E-state index is -1.12. The quantitative estimate of drug-likeness (QED) is 0.638. The Morgan fingerprint density at radius 3 is 2.63 bits per heavy atom. The fourth-order valence-corrected chi connectivity index (χ4v) is 5.76. The molecular weight excluding hydrogens is 446 g/mol. The molecule has 1 saturated carbocycles. The van der Waals surface area contributed by atoms with Crippen molar-refractivity contribution in [2.24, 2.45) is 17.6 Å². The maximum atomic E-state index is 13.3. The molecular formula is C27H39N3O5. The fraction of sp³-hybridized carbons (Fsp3) is 0.667. The standard InChI is InChI=1S/C27H39N3O5/c1-26(2,3)35-25(33)29-21-14-19(15-22(21)34-17-18-9-5-4-6-10-18)13-20-16-23(31)27(28)11-7-8-12-30(27)24(20)32/h4-6,9-10,19-22H,7-8,11-17,28H2,1-3H3,(H,29,33)/t19?,20?,21-,22?,27+/m0/s1. The molecule has 0 spiro atoms. The average molecular weight is 486 g/mol. The molecule has 3 aliphatic rings. The third-order valence-electron chi connectivity index (χ3n) is 7.43. The van der Waals surface area contributed by atoms with Crippen LogP contribution in [0.15, 0.2) is 30.3 Å². The normalized spacial score (nSPS) is 31.3. The van der Waals surface area contributed by atoms with Crippen LogP contribution in [0.25, 0.3) is 0 Å². The molecule has 35 heavy (non-hydrogen) atoms. The zero-order chi connectivity index (χ0) is 25.2. The highest BCUT2D eigenvalue weighted by atomic mass is 16.6. The van der Waals surface area contributed by atoms with E-state index < -0.39 is 17.4 Å². The number of ether oxygens (including phenoxy) is 2. The van der Waals surface area contributed by atoms with E-state index in [2.05, 4.69) is 5.32 Å². The molecule has 192 valence electrons. The summed E-state index contributed by atoms with van der Waals surface area (Å²) in [5, 5.41) is 2.99. The van der Waals surface area contributed by atoms with Crippen LogP contribution in [-0.4, -0.2) is 52.6 Å². The predicted octanol–water partition coefficient (Wildman–Crippen LogP) is 3.52. The molecule has 0 aromatic heterocycles. The highest BCUT2D eigenvalue weighted by Crippen LogP contribution is 2.39. The number of nitrogens with zero attached hydrogens (tertiary/aromatic N) is 1. The number of ketones is 1. The van der Waals surface area contributed by atoms with Gasteiger partial charge in [-0.15, -0.1) is 0 Å². The Labute approximate surface area is 207 Å². The van der Waals surface area contributed by atoms with Crippen molar-refractivity contribution in [1.29, 1.82) is 0 Å². The van der Waals surface area contributed by atoms with E-state index in [4.69, 9.17) is 15.2 Å². The van der Waals surface area contributed by atoms with Gasteiger partial charge in [-0.2, -0.15) is 0 Å². The van der Waals surface area contributed by atoms with Crippen LogP contribution >= 0.6 is 0 Å². The number of benzene rings is 1. The second-order valence-corrected chi connectivity index (χ2v) is 11.4. The topological polar surface area (TPSA) is 111 Å². The van der Waals surface area contributed by atoms with Crippen molar-refractivity contribution in [3.63, 3.8) is 0 Å². The van der Waals surface area contributed by atoms with Crippen molar-refractivity contribution < 1.29 is 23.9 Å². The van der Waals surface area contributed by atoms with Gasteiger partial charge in [-0.25, -0.2) is 4.79 Å². The van der Waals surface area contributed by atoms with E-state index in [1.165, 1.54) is 0 Å². The van der Waals surface area contributed by atoms with Crippen LogP contribution in [0.3, 0.4) is 0 Å². The first-order chi connectivity index (χ1) is 16.5. The molecule has 5 atom stereocenters. The lowest BCUT2D eigenvalue weighted by Crippen LogP contribution is -2.69. The summed E-state index contributed by atoms with van der Waals surface area (Å²) in [5.74, 6) is -0.248. The maximum Gasteiger partial charge on any atom is 0.407 e. The molecule has 3 N–H and O–H groups in total. The molecule has 3 unspecified atom stereocenters. The summed E-state index contributed by atoms with van der Waals surface area (Å²) in [6.07, 6.45) is 3.79. The molecule has 1 aliphatic carbocycles. The lowest BCUT2D eigenvalue weighted by molar-refractivity contribution is -0.161. The summed E-state index contributed by atoms with van der Waals surface area (Å²) in [6.45, 7) is 6.48. The van der Waals surface area contributed by atoms with Crippen molar-refractivity contribution in [3.8, 4) is 0 Å². The number of carbonyl (C=O) groups is 3. The number of nitrogens with one attached hydrogen (secondary N) is 1. The Morgan fingerprint density at radius 2 is 1.91 bits per heavy atom. The van der Waals surface area contributed by atoms with Gasteiger partial charge in [-0.3, -0.25) is 9.59 Å². The molecule has 0 radical (unpaired) electrons. The average Bonchev–Trinajstić information content (AvgIpc) is 3.16. The number of amides is 2. The first-order valence-electron chi connectivity index (χ1n) is 12.8. The lowest BCUT2D eigenvalue weighted by atomic mass is 9.78. The molecule has 0 bridgehead atoms. The van der Waals surface area contributed by atoms with Crippen LogP contribution in [-0.2, 0) is 25.7 Å². The van der Waals surface area contributed by atoms with Crippen molar-refractivity contribution in [3.05, 3.63) is 35.9 Å². The molecule has 1 aromatic carbocycles. The molecule has 1 aromatic rings. The van der Waals surface area contributed by atoms with Gasteiger partial charge in [0, 0.05) is 18.9 Å². The molecule has 2 heterocycles. The second-order valence-electron chi connectivity index (χ2n) is 11.4. The van der Waals surface area contributed by atoms with Gasteiger partial charge in [-0.05, 0) is 70.8 Å². The lowest BCUT2D eigenvalue weighted by Gasteiger charge is -2.48. The number of hydrogen-bond donors (Lipinski definition) is 2. The van der Waals surface area contributed by atoms with Crippen molar-refractivity contribution in [2.45, 2.75) is 95.7 Å². The monoisotopic (exact) mass is 485 g/mol. The molecule has 2 saturated heterocycles. The number of alkyl carbamates (subject to hydrolysis) is 1. The molecule has 2 aliphatic heterocycles. The maximum absolute atomic E-state index is 13.3. The van der Waals surface area contributed by atoms with Gasteiger partial charge in [0.1, 0.15) is 5.60 Å². The highest BCUT2D eigenvalue weighted by Gasteiger charge is 2.51. The zero-order valence-electron chi connectivity index (χ0n) is 21.1. The van der Waals surface area contributed by atoms with Gasteiger partial charge < -0.3 is 25.4 Å². The molecule has 2 amide bonds. The predicted molar refractivity (Wildman–Crippen MR) is 131 cm³/mol. The van der Waals surface area contributed by atoms with Gasteiger partial charge in [-0.1, -0.05) is 30.3 Å². The Kier molecular flexibility index (Phi) is 7.52. The van der Waals surface area contributed by atoms with Crippen molar-refractivity contribution in [2.75, 3.05) is 6.54 Å². The number of fused-ring (bicyclic) bond motifs is 1. The van der Waals surface area contributed by atoms with E-state index in [0.29, 0.717) is 38.8 Å². The van der Waals surface area contributed by atoms with Crippen LogP contribution in [0.1, 0.15) is 71.3 Å². The third kappa shape index (κ3) is 6.04. The SMILES string of the molecule is CC(C)(C)OC(=O)N[C@H]1CC(CC2CC(=O)[C@@]3(N)CCCCN3C2=O)CC1OCc1ccccc1. The van der Waals surface area contributed by atoms with E-state index in [9.17, 15) is 14.4 Å². The first kappa shape index (κ1) is 25.6. The van der Waals surface area contributed by atoms with E-state index in [1.807, 2.05) is 51.1 Å². The van der Waals surface area contributed by atoms with Crippen molar-refractivity contribution in [1.82, 2.24) is 10.2 Å².